The van der Waals surface area contributed by atoms with Gasteiger partial charge in [0.05, 0.1) is 30.3 Å². The van der Waals surface area contributed by atoms with Crippen molar-refractivity contribution in [1.82, 2.24) is 15.2 Å². The van der Waals surface area contributed by atoms with Gasteiger partial charge in [0.2, 0.25) is 6.17 Å². The van der Waals surface area contributed by atoms with Crippen molar-refractivity contribution in [3.05, 3.63) is 84.1 Å². The van der Waals surface area contributed by atoms with Gasteiger partial charge in [-0.1, -0.05) is 53.6 Å². The van der Waals surface area contributed by atoms with E-state index in [2.05, 4.69) is 30.7 Å². The number of hydrogen-bond donors (Lipinski definition) is 2. The zero-order valence-corrected chi connectivity index (χ0v) is 19.3. The standard InChI is InChI=1S/C26H23N7O3/c34-24-23(29-21(17-7-2-1-3-8-17)18-9-4-5-10-19(18)28-24)30-26-32-31-25(36-26)22-20(11-6-12-27-22)33-13-15-35-16-14-33/h1-12,23H,13-16H2,(H,28,34)(H,30,32). The molecule has 0 saturated carbocycles. The highest BCUT2D eigenvalue weighted by atomic mass is 16.5. The molecule has 1 fully saturated rings. The van der Waals surface area contributed by atoms with E-state index in [0.29, 0.717) is 30.3 Å². The molecule has 0 spiro atoms. The van der Waals surface area contributed by atoms with E-state index >= 15 is 0 Å². The second-order valence-corrected chi connectivity index (χ2v) is 8.31. The molecule has 2 N–H and O–H groups in total. The zero-order chi connectivity index (χ0) is 24.3. The predicted octanol–water partition coefficient (Wildman–Crippen LogP) is 3.20. The molecule has 10 nitrogen and oxygen atoms in total. The third kappa shape index (κ3) is 4.29. The summed E-state index contributed by atoms with van der Waals surface area (Å²) in [5.74, 6) is -0.0795. The van der Waals surface area contributed by atoms with E-state index in [1.165, 1.54) is 0 Å². The first-order valence-electron chi connectivity index (χ1n) is 11.7. The summed E-state index contributed by atoms with van der Waals surface area (Å²) in [5.41, 5.74) is 4.55. The van der Waals surface area contributed by atoms with Crippen molar-refractivity contribution >= 4 is 29.0 Å². The van der Waals surface area contributed by atoms with E-state index in [1.807, 2.05) is 66.7 Å². The summed E-state index contributed by atoms with van der Waals surface area (Å²) in [6, 6.07) is 21.2. The van der Waals surface area contributed by atoms with E-state index in [1.54, 1.807) is 6.20 Å². The van der Waals surface area contributed by atoms with Crippen LogP contribution in [0.4, 0.5) is 17.4 Å². The first-order valence-corrected chi connectivity index (χ1v) is 11.7. The highest BCUT2D eigenvalue weighted by Crippen LogP contribution is 2.30. The molecule has 1 saturated heterocycles. The van der Waals surface area contributed by atoms with Gasteiger partial charge in [0.15, 0.2) is 5.69 Å². The lowest BCUT2D eigenvalue weighted by Crippen LogP contribution is -2.36. The quantitative estimate of drug-likeness (QED) is 0.446. The molecule has 0 bridgehead atoms. The SMILES string of the molecule is O=C1Nc2ccccc2C(c2ccccc2)=NC1Nc1nnc(-c2ncccc2N2CCOCC2)o1. The van der Waals surface area contributed by atoms with E-state index in [-0.39, 0.29) is 17.8 Å². The maximum absolute atomic E-state index is 13.1. The highest BCUT2D eigenvalue weighted by Gasteiger charge is 2.28. The monoisotopic (exact) mass is 481 g/mol. The van der Waals surface area contributed by atoms with Gasteiger partial charge in [0, 0.05) is 30.4 Å². The Morgan fingerprint density at radius 2 is 1.75 bits per heavy atom. The Bertz CT molecular complexity index is 1410. The minimum absolute atomic E-state index is 0.0749. The van der Waals surface area contributed by atoms with Crippen LogP contribution in [0.5, 0.6) is 0 Å². The van der Waals surface area contributed by atoms with E-state index in [4.69, 9.17) is 14.1 Å². The number of benzene rings is 2. The maximum atomic E-state index is 13.1. The summed E-state index contributed by atoms with van der Waals surface area (Å²) in [6.07, 6.45) is 0.701. The molecule has 0 aliphatic carbocycles. The molecular formula is C26H23N7O3. The van der Waals surface area contributed by atoms with Crippen molar-refractivity contribution in [2.75, 3.05) is 41.8 Å². The lowest BCUT2D eigenvalue weighted by molar-refractivity contribution is -0.116. The number of nitrogens with zero attached hydrogens (tertiary/aromatic N) is 5. The number of aromatic nitrogens is 3. The molecule has 1 atom stereocenters. The number of benzodiazepines with no additional fused rings is 1. The number of morpholine rings is 1. The number of para-hydroxylation sites is 1. The molecule has 6 rings (SSSR count). The largest absolute Gasteiger partial charge is 0.402 e. The minimum atomic E-state index is -0.983. The lowest BCUT2D eigenvalue weighted by atomic mass is 10.0. The Balaban J connectivity index is 1.32. The number of fused-ring (bicyclic) bond motifs is 1. The van der Waals surface area contributed by atoms with Crippen molar-refractivity contribution in [2.45, 2.75) is 6.17 Å². The van der Waals surface area contributed by atoms with Crippen molar-refractivity contribution in [1.29, 1.82) is 0 Å². The van der Waals surface area contributed by atoms with Crippen LogP contribution in [0.15, 0.2) is 82.3 Å². The maximum Gasteiger partial charge on any atom is 0.317 e. The normalized spacial score (nSPS) is 17.6. The van der Waals surface area contributed by atoms with Crippen LogP contribution < -0.4 is 15.5 Å². The number of nitrogens with one attached hydrogen (secondary N) is 2. The highest BCUT2D eigenvalue weighted by molar-refractivity contribution is 6.19. The fourth-order valence-electron chi connectivity index (χ4n) is 4.30. The summed E-state index contributed by atoms with van der Waals surface area (Å²) in [4.78, 5) is 24.5. The fourth-order valence-corrected chi connectivity index (χ4v) is 4.30. The van der Waals surface area contributed by atoms with Gasteiger partial charge in [-0.3, -0.25) is 4.79 Å². The number of amides is 1. The smallest absolute Gasteiger partial charge is 0.317 e. The number of pyridine rings is 1. The Morgan fingerprint density at radius 1 is 0.944 bits per heavy atom. The molecule has 180 valence electrons. The molecule has 2 aromatic carbocycles. The van der Waals surface area contributed by atoms with Crippen LogP contribution in [0.1, 0.15) is 11.1 Å². The summed E-state index contributed by atoms with van der Waals surface area (Å²) >= 11 is 0. The van der Waals surface area contributed by atoms with Crippen LogP contribution in [0.2, 0.25) is 0 Å². The minimum Gasteiger partial charge on any atom is -0.402 e. The molecule has 36 heavy (non-hydrogen) atoms. The second kappa shape index (κ2) is 9.59. The Kier molecular flexibility index (Phi) is 5.84. The summed E-state index contributed by atoms with van der Waals surface area (Å²) in [6.45, 7) is 2.78. The van der Waals surface area contributed by atoms with Gasteiger partial charge in [-0.15, -0.1) is 5.10 Å². The molecule has 1 amide bonds. The Morgan fingerprint density at radius 3 is 2.61 bits per heavy atom. The van der Waals surface area contributed by atoms with Gasteiger partial charge < -0.3 is 24.7 Å². The summed E-state index contributed by atoms with van der Waals surface area (Å²) in [5, 5.41) is 14.3. The number of carbonyl (C=O) groups is 1. The molecule has 4 aromatic rings. The molecule has 2 aliphatic rings. The van der Waals surface area contributed by atoms with Gasteiger partial charge in [-0.25, -0.2) is 9.98 Å². The number of ether oxygens (including phenoxy) is 1. The number of anilines is 3. The number of carbonyl (C=O) groups excluding carboxylic acids is 1. The first-order chi connectivity index (χ1) is 17.8. The zero-order valence-electron chi connectivity index (χ0n) is 19.3. The van der Waals surface area contributed by atoms with Crippen LogP contribution in [0.25, 0.3) is 11.6 Å². The number of rotatable bonds is 5. The van der Waals surface area contributed by atoms with Gasteiger partial charge in [0.25, 0.3) is 11.8 Å². The van der Waals surface area contributed by atoms with Crippen LogP contribution in [-0.2, 0) is 9.53 Å². The van der Waals surface area contributed by atoms with Crippen molar-refractivity contribution < 1.29 is 13.9 Å². The number of aliphatic imine (C=N–C) groups is 1. The third-order valence-corrected chi connectivity index (χ3v) is 6.02. The van der Waals surface area contributed by atoms with Gasteiger partial charge in [-0.05, 0) is 18.2 Å². The third-order valence-electron chi connectivity index (χ3n) is 6.02. The van der Waals surface area contributed by atoms with Gasteiger partial charge in [-0.2, -0.15) is 0 Å². The Labute approximate surface area is 207 Å². The Hall–Kier alpha value is -4.57. The van der Waals surface area contributed by atoms with E-state index in [9.17, 15) is 4.79 Å². The average Bonchev–Trinajstić information content (AvgIpc) is 3.35. The van der Waals surface area contributed by atoms with Gasteiger partial charge in [0.1, 0.15) is 0 Å². The van der Waals surface area contributed by atoms with Crippen molar-refractivity contribution in [2.24, 2.45) is 4.99 Å². The average molecular weight is 482 g/mol. The van der Waals surface area contributed by atoms with Crippen LogP contribution in [0.3, 0.4) is 0 Å². The molecule has 2 aromatic heterocycles. The predicted molar refractivity (Wildman–Crippen MR) is 135 cm³/mol. The lowest BCUT2D eigenvalue weighted by Gasteiger charge is -2.29. The molecule has 2 aliphatic heterocycles. The van der Waals surface area contributed by atoms with Crippen molar-refractivity contribution in [3.8, 4) is 11.6 Å². The summed E-state index contributed by atoms with van der Waals surface area (Å²) in [7, 11) is 0. The fraction of sp³-hybridized carbons (Fsp3) is 0.192. The van der Waals surface area contributed by atoms with Crippen LogP contribution in [0, 0.1) is 0 Å². The molecule has 4 heterocycles. The second-order valence-electron chi connectivity index (χ2n) is 8.31. The molecule has 10 heteroatoms. The molecule has 1 unspecified atom stereocenters. The van der Waals surface area contributed by atoms with Crippen LogP contribution in [-0.4, -0.2) is 59.3 Å². The molecule has 0 radical (unpaired) electrons. The number of hydrogen-bond acceptors (Lipinski definition) is 9. The molecular weight excluding hydrogens is 458 g/mol. The topological polar surface area (TPSA) is 118 Å². The van der Waals surface area contributed by atoms with Gasteiger partial charge >= 0.3 is 6.01 Å². The first kappa shape index (κ1) is 21.9. The summed E-state index contributed by atoms with van der Waals surface area (Å²) < 4.78 is 11.4. The van der Waals surface area contributed by atoms with E-state index < -0.39 is 6.17 Å². The van der Waals surface area contributed by atoms with Crippen LogP contribution >= 0.6 is 0 Å². The van der Waals surface area contributed by atoms with Crippen molar-refractivity contribution in [3.63, 3.8) is 0 Å². The van der Waals surface area contributed by atoms with E-state index in [0.717, 1.165) is 29.9 Å².